The zero-order valence-electron chi connectivity index (χ0n) is 12.3. The Labute approximate surface area is 124 Å². The molecule has 4 heteroatoms. The molecule has 0 aliphatic carbocycles. The van der Waals surface area contributed by atoms with Crippen molar-refractivity contribution in [2.24, 2.45) is 0 Å². The lowest BCUT2D eigenvalue weighted by Gasteiger charge is -2.07. The molecular weight excluding hydrogens is 262 g/mol. The number of benzene rings is 1. The third-order valence-electron chi connectivity index (χ3n) is 3.62. The Morgan fingerprint density at radius 2 is 2.05 bits per heavy atom. The Kier molecular flexibility index (Phi) is 3.88. The smallest absolute Gasteiger partial charge is 0.134 e. The van der Waals surface area contributed by atoms with Crippen molar-refractivity contribution in [2.75, 3.05) is 12.4 Å². The summed E-state index contributed by atoms with van der Waals surface area (Å²) in [5.41, 5.74) is 4.41. The molecule has 0 radical (unpaired) electrons. The Morgan fingerprint density at radius 3 is 2.81 bits per heavy atom. The summed E-state index contributed by atoms with van der Waals surface area (Å²) in [7, 11) is 1.93. The first kappa shape index (κ1) is 13.6. The maximum absolute atomic E-state index is 5.93. The highest BCUT2D eigenvalue weighted by molar-refractivity contribution is 5.85. The Balaban J connectivity index is 1.91. The van der Waals surface area contributed by atoms with Crippen molar-refractivity contribution in [1.29, 1.82) is 0 Å². The van der Waals surface area contributed by atoms with Crippen molar-refractivity contribution in [1.82, 2.24) is 10.3 Å². The molecular formula is C17H19N3O. The highest BCUT2D eigenvalue weighted by atomic mass is 16.3. The van der Waals surface area contributed by atoms with Gasteiger partial charge in [-0.3, -0.25) is 4.98 Å². The number of rotatable bonds is 5. The van der Waals surface area contributed by atoms with Gasteiger partial charge in [0.15, 0.2) is 0 Å². The maximum atomic E-state index is 5.93. The molecule has 4 nitrogen and oxygen atoms in total. The van der Waals surface area contributed by atoms with Crippen LogP contribution in [0.1, 0.15) is 16.9 Å². The van der Waals surface area contributed by atoms with E-state index in [1.165, 1.54) is 16.5 Å². The van der Waals surface area contributed by atoms with Crippen molar-refractivity contribution < 1.29 is 4.42 Å². The minimum atomic E-state index is 0.746. The minimum absolute atomic E-state index is 0.746. The van der Waals surface area contributed by atoms with Crippen molar-refractivity contribution >= 4 is 16.7 Å². The monoisotopic (exact) mass is 281 g/mol. The van der Waals surface area contributed by atoms with E-state index in [0.717, 1.165) is 30.1 Å². The van der Waals surface area contributed by atoms with Crippen molar-refractivity contribution in [3.63, 3.8) is 0 Å². The molecule has 1 aromatic carbocycles. The van der Waals surface area contributed by atoms with Crippen molar-refractivity contribution in [3.05, 3.63) is 59.6 Å². The molecule has 0 aliphatic heterocycles. The van der Waals surface area contributed by atoms with Crippen molar-refractivity contribution in [3.8, 4) is 0 Å². The molecule has 0 saturated carbocycles. The topological polar surface area (TPSA) is 50.1 Å². The number of anilines is 1. The number of nitrogens with one attached hydrogen (secondary N) is 2. The fourth-order valence-electron chi connectivity index (χ4n) is 2.58. The number of nitrogens with zero attached hydrogens (tertiary/aromatic N) is 1. The van der Waals surface area contributed by atoms with Crippen LogP contribution in [0, 0.1) is 6.92 Å². The Morgan fingerprint density at radius 1 is 1.14 bits per heavy atom. The van der Waals surface area contributed by atoms with Gasteiger partial charge in [-0.05, 0) is 37.7 Å². The van der Waals surface area contributed by atoms with E-state index in [4.69, 9.17) is 4.42 Å². The first-order chi connectivity index (χ1) is 10.3. The third-order valence-corrected chi connectivity index (χ3v) is 3.62. The van der Waals surface area contributed by atoms with E-state index in [0.29, 0.717) is 0 Å². The number of fused-ring (bicyclic) bond motifs is 1. The zero-order chi connectivity index (χ0) is 14.7. The van der Waals surface area contributed by atoms with Crippen LogP contribution >= 0.6 is 0 Å². The molecule has 0 fully saturated rings. The molecule has 2 N–H and O–H groups in total. The van der Waals surface area contributed by atoms with Crippen LogP contribution in [0.15, 0.2) is 47.1 Å². The summed E-state index contributed by atoms with van der Waals surface area (Å²) < 4.78 is 5.93. The lowest BCUT2D eigenvalue weighted by atomic mass is 10.1. The summed E-state index contributed by atoms with van der Waals surface area (Å²) in [5.74, 6) is 1.00. The van der Waals surface area contributed by atoms with E-state index in [-0.39, 0.29) is 0 Å². The molecule has 0 atom stereocenters. The first-order valence-electron chi connectivity index (χ1n) is 7.08. The van der Waals surface area contributed by atoms with E-state index in [9.17, 15) is 0 Å². The maximum Gasteiger partial charge on any atom is 0.134 e. The van der Waals surface area contributed by atoms with Gasteiger partial charge < -0.3 is 15.1 Å². The standard InChI is InChI=1S/C17H19N3O/c1-12-16(11-18-2)21-15-7-3-5-13(17(12)15)9-20-14-6-4-8-19-10-14/h3-8,10,18,20H,9,11H2,1-2H3. The van der Waals surface area contributed by atoms with Crippen LogP contribution in [0.25, 0.3) is 11.0 Å². The van der Waals surface area contributed by atoms with E-state index >= 15 is 0 Å². The zero-order valence-corrected chi connectivity index (χ0v) is 12.3. The number of aromatic nitrogens is 1. The molecule has 0 spiro atoms. The molecule has 108 valence electrons. The SMILES string of the molecule is CNCc1oc2cccc(CNc3cccnc3)c2c1C. The quantitative estimate of drug-likeness (QED) is 0.752. The van der Waals surface area contributed by atoms with Crippen LogP contribution in [0.5, 0.6) is 0 Å². The van der Waals surface area contributed by atoms with Gasteiger partial charge in [-0.1, -0.05) is 12.1 Å². The average molecular weight is 281 g/mol. The van der Waals surface area contributed by atoms with E-state index in [1.807, 2.05) is 37.5 Å². The average Bonchev–Trinajstić information content (AvgIpc) is 2.84. The second-order valence-corrected chi connectivity index (χ2v) is 5.07. The van der Waals surface area contributed by atoms with Gasteiger partial charge in [-0.25, -0.2) is 0 Å². The molecule has 0 amide bonds. The van der Waals surface area contributed by atoms with Gasteiger partial charge in [0.2, 0.25) is 0 Å². The van der Waals surface area contributed by atoms with Crippen LogP contribution in [-0.2, 0) is 13.1 Å². The van der Waals surface area contributed by atoms with Crippen molar-refractivity contribution in [2.45, 2.75) is 20.0 Å². The van der Waals surface area contributed by atoms with Gasteiger partial charge in [0, 0.05) is 29.9 Å². The van der Waals surface area contributed by atoms with Crippen LogP contribution in [0.3, 0.4) is 0 Å². The van der Waals surface area contributed by atoms with Gasteiger partial charge in [-0.15, -0.1) is 0 Å². The first-order valence-corrected chi connectivity index (χ1v) is 7.08. The summed E-state index contributed by atoms with van der Waals surface area (Å²) in [6.45, 7) is 3.62. The summed E-state index contributed by atoms with van der Waals surface area (Å²) in [4.78, 5) is 4.12. The predicted octanol–water partition coefficient (Wildman–Crippen LogP) is 3.47. The van der Waals surface area contributed by atoms with E-state index < -0.39 is 0 Å². The van der Waals surface area contributed by atoms with Gasteiger partial charge in [0.1, 0.15) is 11.3 Å². The van der Waals surface area contributed by atoms with Gasteiger partial charge in [0.25, 0.3) is 0 Å². The fraction of sp³-hybridized carbons (Fsp3) is 0.235. The van der Waals surface area contributed by atoms with Gasteiger partial charge in [0.05, 0.1) is 12.2 Å². The normalized spacial score (nSPS) is 11.0. The summed E-state index contributed by atoms with van der Waals surface area (Å²) in [6.07, 6.45) is 3.60. The summed E-state index contributed by atoms with van der Waals surface area (Å²) in [5, 5.41) is 7.75. The lowest BCUT2D eigenvalue weighted by molar-refractivity contribution is 0.527. The molecule has 2 aromatic heterocycles. The number of hydrogen-bond donors (Lipinski definition) is 2. The Bertz CT molecular complexity index is 734. The molecule has 0 unspecified atom stereocenters. The molecule has 21 heavy (non-hydrogen) atoms. The number of aryl methyl sites for hydroxylation is 1. The molecule has 0 aliphatic rings. The molecule has 0 saturated heterocycles. The van der Waals surface area contributed by atoms with Gasteiger partial charge >= 0.3 is 0 Å². The Hall–Kier alpha value is -2.33. The second-order valence-electron chi connectivity index (χ2n) is 5.07. The van der Waals surface area contributed by atoms with Crippen LogP contribution in [0.2, 0.25) is 0 Å². The van der Waals surface area contributed by atoms with Crippen LogP contribution in [-0.4, -0.2) is 12.0 Å². The molecule has 2 heterocycles. The minimum Gasteiger partial charge on any atom is -0.459 e. The largest absolute Gasteiger partial charge is 0.459 e. The lowest BCUT2D eigenvalue weighted by Crippen LogP contribution is -2.05. The number of furan rings is 1. The summed E-state index contributed by atoms with van der Waals surface area (Å²) >= 11 is 0. The highest BCUT2D eigenvalue weighted by Crippen LogP contribution is 2.28. The number of hydrogen-bond acceptors (Lipinski definition) is 4. The molecule has 0 bridgehead atoms. The molecule has 3 aromatic rings. The molecule has 3 rings (SSSR count). The van der Waals surface area contributed by atoms with Crippen LogP contribution < -0.4 is 10.6 Å². The second kappa shape index (κ2) is 5.97. The highest BCUT2D eigenvalue weighted by Gasteiger charge is 2.12. The summed E-state index contributed by atoms with van der Waals surface area (Å²) in [6, 6.07) is 10.1. The van der Waals surface area contributed by atoms with E-state index in [2.05, 4.69) is 28.6 Å². The van der Waals surface area contributed by atoms with Gasteiger partial charge in [-0.2, -0.15) is 0 Å². The fourth-order valence-corrected chi connectivity index (χ4v) is 2.58. The van der Waals surface area contributed by atoms with Crippen LogP contribution in [0.4, 0.5) is 5.69 Å². The number of pyridine rings is 1. The van der Waals surface area contributed by atoms with E-state index in [1.54, 1.807) is 6.20 Å². The predicted molar refractivity (Wildman–Crippen MR) is 85.3 cm³/mol. The third kappa shape index (κ3) is 2.76.